The van der Waals surface area contributed by atoms with Crippen LogP contribution in [0.3, 0.4) is 0 Å². The standard InChI is InChI=1S/C9H9BF2/c1-6(5-10)8-3-2-7(11)4-9(8)12/h2-4H,1,5,10H2. The van der Waals surface area contributed by atoms with Crippen molar-refractivity contribution in [2.24, 2.45) is 0 Å². The van der Waals surface area contributed by atoms with E-state index in [2.05, 4.69) is 6.58 Å². The molecular weight excluding hydrogens is 157 g/mol. The Balaban J connectivity index is 3.09. The molecule has 0 fully saturated rings. The Morgan fingerprint density at radius 1 is 1.42 bits per heavy atom. The minimum atomic E-state index is -0.555. The minimum absolute atomic E-state index is 0.402. The third-order valence-corrected chi connectivity index (χ3v) is 1.74. The zero-order valence-electron chi connectivity index (χ0n) is 6.90. The average Bonchev–Trinajstić information content (AvgIpc) is 2.03. The quantitative estimate of drug-likeness (QED) is 0.589. The van der Waals surface area contributed by atoms with E-state index in [-0.39, 0.29) is 0 Å². The van der Waals surface area contributed by atoms with Gasteiger partial charge < -0.3 is 0 Å². The highest BCUT2D eigenvalue weighted by atomic mass is 19.1. The molecule has 0 aromatic heterocycles. The monoisotopic (exact) mass is 166 g/mol. The van der Waals surface area contributed by atoms with E-state index in [1.807, 2.05) is 7.85 Å². The van der Waals surface area contributed by atoms with E-state index in [9.17, 15) is 8.78 Å². The van der Waals surface area contributed by atoms with Gasteiger partial charge >= 0.3 is 0 Å². The van der Waals surface area contributed by atoms with Crippen molar-refractivity contribution in [2.45, 2.75) is 6.32 Å². The van der Waals surface area contributed by atoms with Crippen molar-refractivity contribution in [3.8, 4) is 0 Å². The molecule has 0 bridgehead atoms. The molecule has 12 heavy (non-hydrogen) atoms. The van der Waals surface area contributed by atoms with Crippen LogP contribution in [-0.4, -0.2) is 7.85 Å². The second-order valence-electron chi connectivity index (χ2n) is 2.58. The largest absolute Gasteiger partial charge is 0.207 e. The maximum atomic E-state index is 13.0. The van der Waals surface area contributed by atoms with Gasteiger partial charge in [0.05, 0.1) is 0 Å². The van der Waals surface area contributed by atoms with Crippen LogP contribution in [-0.2, 0) is 0 Å². The van der Waals surface area contributed by atoms with Crippen molar-refractivity contribution in [3.05, 3.63) is 42.0 Å². The van der Waals surface area contributed by atoms with Gasteiger partial charge in [0.15, 0.2) is 0 Å². The summed E-state index contributed by atoms with van der Waals surface area (Å²) in [4.78, 5) is 0. The van der Waals surface area contributed by atoms with Crippen molar-refractivity contribution in [1.82, 2.24) is 0 Å². The summed E-state index contributed by atoms with van der Waals surface area (Å²) in [5.41, 5.74) is 1.09. The van der Waals surface area contributed by atoms with Gasteiger partial charge in [-0.15, -0.1) is 0 Å². The highest BCUT2D eigenvalue weighted by Crippen LogP contribution is 2.19. The normalized spacial score (nSPS) is 9.83. The van der Waals surface area contributed by atoms with Crippen LogP contribution in [0.4, 0.5) is 8.78 Å². The van der Waals surface area contributed by atoms with Crippen molar-refractivity contribution in [1.29, 1.82) is 0 Å². The first-order valence-corrected chi connectivity index (χ1v) is 3.78. The molecule has 1 rings (SSSR count). The van der Waals surface area contributed by atoms with Crippen LogP contribution in [0.5, 0.6) is 0 Å². The molecule has 0 nitrogen and oxygen atoms in total. The van der Waals surface area contributed by atoms with Crippen LogP contribution in [0.1, 0.15) is 5.56 Å². The Kier molecular flexibility index (Phi) is 2.63. The van der Waals surface area contributed by atoms with Crippen molar-refractivity contribution in [3.63, 3.8) is 0 Å². The van der Waals surface area contributed by atoms with Gasteiger partial charge in [-0.25, -0.2) is 8.78 Å². The Hall–Kier alpha value is -1.12. The molecule has 0 saturated heterocycles. The summed E-state index contributed by atoms with van der Waals surface area (Å²) in [6.45, 7) is 3.67. The molecule has 0 saturated carbocycles. The number of hydrogen-bond donors (Lipinski definition) is 0. The van der Waals surface area contributed by atoms with E-state index >= 15 is 0 Å². The Morgan fingerprint density at radius 2 is 2.08 bits per heavy atom. The van der Waals surface area contributed by atoms with E-state index in [4.69, 9.17) is 0 Å². The third kappa shape index (κ3) is 1.73. The number of hydrogen-bond acceptors (Lipinski definition) is 0. The molecule has 0 aliphatic carbocycles. The van der Waals surface area contributed by atoms with E-state index in [0.29, 0.717) is 17.5 Å². The van der Waals surface area contributed by atoms with Gasteiger partial charge in [-0.1, -0.05) is 18.5 Å². The van der Waals surface area contributed by atoms with Crippen LogP contribution < -0.4 is 0 Å². The summed E-state index contributed by atoms with van der Waals surface area (Å²) in [6.07, 6.45) is 0.669. The maximum absolute atomic E-state index is 13.0. The SMILES string of the molecule is BCC(=C)c1ccc(F)cc1F. The van der Waals surface area contributed by atoms with Crippen LogP contribution in [0.25, 0.3) is 5.57 Å². The lowest BCUT2D eigenvalue weighted by Gasteiger charge is -2.03. The van der Waals surface area contributed by atoms with Crippen LogP contribution in [0.15, 0.2) is 24.8 Å². The maximum Gasteiger partial charge on any atom is 0.133 e. The first-order chi connectivity index (χ1) is 5.65. The highest BCUT2D eigenvalue weighted by molar-refractivity contribution is 6.14. The zero-order valence-corrected chi connectivity index (χ0v) is 6.90. The van der Waals surface area contributed by atoms with Crippen LogP contribution in [0.2, 0.25) is 6.32 Å². The summed E-state index contributed by atoms with van der Waals surface area (Å²) < 4.78 is 25.4. The fourth-order valence-corrected chi connectivity index (χ4v) is 0.967. The zero-order chi connectivity index (χ0) is 9.14. The fraction of sp³-hybridized carbons (Fsp3) is 0.111. The Morgan fingerprint density at radius 3 is 2.58 bits per heavy atom. The molecule has 3 heteroatoms. The number of rotatable bonds is 2. The van der Waals surface area contributed by atoms with E-state index in [1.165, 1.54) is 12.1 Å². The lowest BCUT2D eigenvalue weighted by atomic mass is 9.92. The molecule has 0 radical (unpaired) electrons. The van der Waals surface area contributed by atoms with Crippen molar-refractivity contribution >= 4 is 13.4 Å². The number of halogens is 2. The lowest BCUT2D eigenvalue weighted by Crippen LogP contribution is -1.89. The summed E-state index contributed by atoms with van der Waals surface area (Å²) in [7, 11) is 1.88. The van der Waals surface area contributed by atoms with Gasteiger partial charge in [-0.3, -0.25) is 0 Å². The van der Waals surface area contributed by atoms with Gasteiger partial charge in [0, 0.05) is 11.6 Å². The molecular formula is C9H9BF2. The van der Waals surface area contributed by atoms with Crippen molar-refractivity contribution < 1.29 is 8.78 Å². The summed E-state index contributed by atoms with van der Waals surface area (Å²) >= 11 is 0. The van der Waals surface area contributed by atoms with Crippen LogP contribution >= 0.6 is 0 Å². The molecule has 1 aromatic carbocycles. The van der Waals surface area contributed by atoms with E-state index in [1.54, 1.807) is 0 Å². The van der Waals surface area contributed by atoms with Gasteiger partial charge in [0.25, 0.3) is 0 Å². The molecule has 0 aliphatic rings. The second-order valence-corrected chi connectivity index (χ2v) is 2.58. The Bertz CT molecular complexity index is 307. The third-order valence-electron chi connectivity index (χ3n) is 1.74. The molecule has 0 amide bonds. The number of benzene rings is 1. The minimum Gasteiger partial charge on any atom is -0.207 e. The molecule has 0 spiro atoms. The predicted octanol–water partition coefficient (Wildman–Crippen LogP) is 2.03. The summed E-state index contributed by atoms with van der Waals surface area (Å²) in [6, 6.07) is 3.52. The predicted molar refractivity (Wildman–Crippen MR) is 48.7 cm³/mol. The first kappa shape index (κ1) is 8.98. The summed E-state index contributed by atoms with van der Waals surface area (Å²) in [5.74, 6) is -1.10. The van der Waals surface area contributed by atoms with Gasteiger partial charge in [0.2, 0.25) is 0 Å². The second kappa shape index (κ2) is 3.52. The Labute approximate surface area is 71.3 Å². The van der Waals surface area contributed by atoms with Crippen LogP contribution in [0, 0.1) is 11.6 Å². The van der Waals surface area contributed by atoms with Gasteiger partial charge in [-0.2, -0.15) is 0 Å². The molecule has 0 heterocycles. The topological polar surface area (TPSA) is 0 Å². The van der Waals surface area contributed by atoms with E-state index in [0.717, 1.165) is 6.07 Å². The summed E-state index contributed by atoms with van der Waals surface area (Å²) in [5, 5.41) is 0. The molecule has 0 unspecified atom stereocenters. The van der Waals surface area contributed by atoms with Crippen molar-refractivity contribution in [2.75, 3.05) is 0 Å². The highest BCUT2D eigenvalue weighted by Gasteiger charge is 2.04. The lowest BCUT2D eigenvalue weighted by molar-refractivity contribution is 0.581. The molecule has 0 N–H and O–H groups in total. The first-order valence-electron chi connectivity index (χ1n) is 3.78. The fourth-order valence-electron chi connectivity index (χ4n) is 0.967. The molecule has 62 valence electrons. The number of allylic oxidation sites excluding steroid dienone is 1. The molecule has 0 atom stereocenters. The smallest absolute Gasteiger partial charge is 0.133 e. The van der Waals surface area contributed by atoms with Gasteiger partial charge in [0.1, 0.15) is 19.5 Å². The van der Waals surface area contributed by atoms with Gasteiger partial charge in [-0.05, 0) is 12.1 Å². The van der Waals surface area contributed by atoms with E-state index < -0.39 is 11.6 Å². The average molecular weight is 166 g/mol. The molecule has 0 aliphatic heterocycles. The molecule has 1 aromatic rings.